The van der Waals surface area contributed by atoms with E-state index in [2.05, 4.69) is 10.6 Å². The molecule has 0 aliphatic heterocycles. The summed E-state index contributed by atoms with van der Waals surface area (Å²) in [5.41, 5.74) is 2.07. The summed E-state index contributed by atoms with van der Waals surface area (Å²) in [5, 5.41) is 6.23. The molecule has 0 spiro atoms. The SMILES string of the molecule is Cc1ccccc1C(=O)NCCC(=O)Nc1ccc(Cl)c(Cl)c1. The Hall–Kier alpha value is -2.04. The standard InChI is InChI=1S/C17H16Cl2N2O2/c1-11-4-2-3-5-13(11)17(23)20-9-8-16(22)21-12-6-7-14(18)15(19)10-12/h2-7,10H,8-9H2,1H3,(H,20,23)(H,21,22). The number of halogens is 2. The smallest absolute Gasteiger partial charge is 0.251 e. The first kappa shape index (κ1) is 17.3. The number of nitrogens with one attached hydrogen (secondary N) is 2. The molecule has 0 bridgehead atoms. The van der Waals surface area contributed by atoms with Crippen molar-refractivity contribution in [3.8, 4) is 0 Å². The molecule has 4 nitrogen and oxygen atoms in total. The van der Waals surface area contributed by atoms with Crippen LogP contribution in [0.15, 0.2) is 42.5 Å². The molecule has 0 fully saturated rings. The monoisotopic (exact) mass is 350 g/mol. The van der Waals surface area contributed by atoms with E-state index in [1.54, 1.807) is 30.3 Å². The number of amides is 2. The maximum Gasteiger partial charge on any atom is 0.251 e. The van der Waals surface area contributed by atoms with Crippen LogP contribution in [-0.4, -0.2) is 18.4 Å². The van der Waals surface area contributed by atoms with Gasteiger partial charge >= 0.3 is 0 Å². The number of aryl methyl sites for hydroxylation is 1. The van der Waals surface area contributed by atoms with Gasteiger partial charge in [-0.25, -0.2) is 0 Å². The average molecular weight is 351 g/mol. The quantitative estimate of drug-likeness (QED) is 0.854. The van der Waals surface area contributed by atoms with E-state index in [9.17, 15) is 9.59 Å². The first-order chi connectivity index (χ1) is 11.0. The molecule has 0 aliphatic rings. The normalized spacial score (nSPS) is 10.2. The van der Waals surface area contributed by atoms with Gasteiger partial charge in [-0.3, -0.25) is 9.59 Å². The van der Waals surface area contributed by atoms with Crippen molar-refractivity contribution in [3.05, 3.63) is 63.6 Å². The summed E-state index contributed by atoms with van der Waals surface area (Å²) in [4.78, 5) is 23.9. The van der Waals surface area contributed by atoms with E-state index >= 15 is 0 Å². The fourth-order valence-corrected chi connectivity index (χ4v) is 2.31. The van der Waals surface area contributed by atoms with Gasteiger partial charge in [-0.15, -0.1) is 0 Å². The molecule has 6 heteroatoms. The number of benzene rings is 2. The lowest BCUT2D eigenvalue weighted by atomic mass is 10.1. The lowest BCUT2D eigenvalue weighted by Crippen LogP contribution is -2.28. The summed E-state index contributed by atoms with van der Waals surface area (Å²) in [7, 11) is 0. The van der Waals surface area contributed by atoms with E-state index in [0.717, 1.165) is 5.56 Å². The number of hydrogen-bond acceptors (Lipinski definition) is 2. The number of anilines is 1. The zero-order chi connectivity index (χ0) is 16.8. The Morgan fingerprint density at radius 3 is 2.48 bits per heavy atom. The summed E-state index contributed by atoms with van der Waals surface area (Å²) >= 11 is 11.7. The Morgan fingerprint density at radius 2 is 1.78 bits per heavy atom. The third-order valence-electron chi connectivity index (χ3n) is 3.23. The fourth-order valence-electron chi connectivity index (χ4n) is 2.01. The molecule has 0 radical (unpaired) electrons. The van der Waals surface area contributed by atoms with E-state index in [1.807, 2.05) is 19.1 Å². The lowest BCUT2D eigenvalue weighted by molar-refractivity contribution is -0.116. The largest absolute Gasteiger partial charge is 0.352 e. The Kier molecular flexibility index (Phi) is 6.02. The topological polar surface area (TPSA) is 58.2 Å². The van der Waals surface area contributed by atoms with Crippen molar-refractivity contribution in [2.75, 3.05) is 11.9 Å². The minimum Gasteiger partial charge on any atom is -0.352 e. The second kappa shape index (κ2) is 7.99. The molecule has 0 unspecified atom stereocenters. The number of hydrogen-bond donors (Lipinski definition) is 2. The van der Waals surface area contributed by atoms with Gasteiger partial charge in [0.1, 0.15) is 0 Å². The van der Waals surface area contributed by atoms with Gasteiger partial charge in [-0.1, -0.05) is 41.4 Å². The van der Waals surface area contributed by atoms with Crippen LogP contribution in [0.1, 0.15) is 22.3 Å². The van der Waals surface area contributed by atoms with Gasteiger partial charge in [-0.2, -0.15) is 0 Å². The summed E-state index contributed by atoms with van der Waals surface area (Å²) < 4.78 is 0. The van der Waals surface area contributed by atoms with Crippen LogP contribution in [0.5, 0.6) is 0 Å². The van der Waals surface area contributed by atoms with Gasteiger partial charge in [0.05, 0.1) is 10.0 Å². The summed E-state index contributed by atoms with van der Waals surface area (Å²) in [6.45, 7) is 2.12. The van der Waals surface area contributed by atoms with Crippen LogP contribution in [-0.2, 0) is 4.79 Å². The molecule has 0 atom stereocenters. The highest BCUT2D eigenvalue weighted by Gasteiger charge is 2.09. The molecule has 120 valence electrons. The van der Waals surface area contributed by atoms with Crippen LogP contribution in [0.4, 0.5) is 5.69 Å². The minimum atomic E-state index is -0.214. The molecule has 0 saturated carbocycles. The lowest BCUT2D eigenvalue weighted by Gasteiger charge is -2.08. The molecule has 2 amide bonds. The second-order valence-corrected chi connectivity index (χ2v) is 5.81. The molecule has 2 aromatic carbocycles. The molecule has 2 rings (SSSR count). The van der Waals surface area contributed by atoms with Crippen LogP contribution in [0, 0.1) is 6.92 Å². The van der Waals surface area contributed by atoms with Crippen molar-refractivity contribution in [1.29, 1.82) is 0 Å². The predicted octanol–water partition coefficient (Wildman–Crippen LogP) is 4.06. The van der Waals surface area contributed by atoms with Crippen molar-refractivity contribution in [1.82, 2.24) is 5.32 Å². The molecule has 2 N–H and O–H groups in total. The molecular formula is C17H16Cl2N2O2. The van der Waals surface area contributed by atoms with Crippen LogP contribution >= 0.6 is 23.2 Å². The van der Waals surface area contributed by atoms with Crippen LogP contribution < -0.4 is 10.6 Å². The number of rotatable bonds is 5. The van der Waals surface area contributed by atoms with Gasteiger partial charge < -0.3 is 10.6 Å². The van der Waals surface area contributed by atoms with E-state index in [4.69, 9.17) is 23.2 Å². The maximum atomic E-state index is 12.0. The Labute approximate surface area is 144 Å². The van der Waals surface area contributed by atoms with Crippen molar-refractivity contribution in [3.63, 3.8) is 0 Å². The Balaban J connectivity index is 1.82. The summed E-state index contributed by atoms with van der Waals surface area (Å²) in [5.74, 6) is -0.404. The highest BCUT2D eigenvalue weighted by atomic mass is 35.5. The molecule has 23 heavy (non-hydrogen) atoms. The van der Waals surface area contributed by atoms with Crippen molar-refractivity contribution in [2.24, 2.45) is 0 Å². The van der Waals surface area contributed by atoms with Crippen LogP contribution in [0.2, 0.25) is 10.0 Å². The van der Waals surface area contributed by atoms with E-state index in [-0.39, 0.29) is 24.8 Å². The van der Waals surface area contributed by atoms with Crippen molar-refractivity contribution in [2.45, 2.75) is 13.3 Å². The van der Waals surface area contributed by atoms with Gasteiger partial charge in [0.25, 0.3) is 5.91 Å². The zero-order valence-corrected chi connectivity index (χ0v) is 14.0. The predicted molar refractivity (Wildman–Crippen MR) is 93.2 cm³/mol. The van der Waals surface area contributed by atoms with Crippen LogP contribution in [0.25, 0.3) is 0 Å². The van der Waals surface area contributed by atoms with Gasteiger partial charge in [-0.05, 0) is 36.8 Å². The van der Waals surface area contributed by atoms with Gasteiger partial charge in [0, 0.05) is 24.2 Å². The third kappa shape index (κ3) is 4.98. The molecule has 0 heterocycles. The molecule has 0 saturated heterocycles. The molecule has 2 aromatic rings. The molecule has 0 aliphatic carbocycles. The van der Waals surface area contributed by atoms with Crippen molar-refractivity contribution < 1.29 is 9.59 Å². The molecule has 0 aromatic heterocycles. The number of carbonyl (C=O) groups is 2. The average Bonchev–Trinajstić information content (AvgIpc) is 2.51. The van der Waals surface area contributed by atoms with Crippen molar-refractivity contribution >= 4 is 40.7 Å². The summed E-state index contributed by atoms with van der Waals surface area (Å²) in [6, 6.07) is 12.1. The minimum absolute atomic E-state index is 0.165. The number of carbonyl (C=O) groups excluding carboxylic acids is 2. The maximum absolute atomic E-state index is 12.0. The van der Waals surface area contributed by atoms with Crippen LogP contribution in [0.3, 0.4) is 0 Å². The van der Waals surface area contributed by atoms with E-state index in [1.165, 1.54) is 0 Å². The first-order valence-electron chi connectivity index (χ1n) is 7.06. The Morgan fingerprint density at radius 1 is 1.04 bits per heavy atom. The third-order valence-corrected chi connectivity index (χ3v) is 3.97. The second-order valence-electron chi connectivity index (χ2n) is 5.00. The van der Waals surface area contributed by atoms with Gasteiger partial charge in [0.2, 0.25) is 5.91 Å². The Bertz CT molecular complexity index is 732. The molecular weight excluding hydrogens is 335 g/mol. The van der Waals surface area contributed by atoms with Gasteiger partial charge in [0.15, 0.2) is 0 Å². The van der Waals surface area contributed by atoms with E-state index < -0.39 is 0 Å². The first-order valence-corrected chi connectivity index (χ1v) is 7.81. The zero-order valence-electron chi connectivity index (χ0n) is 12.5. The summed E-state index contributed by atoms with van der Waals surface area (Å²) in [6.07, 6.45) is 0.165. The fraction of sp³-hybridized carbons (Fsp3) is 0.176. The highest BCUT2D eigenvalue weighted by Crippen LogP contribution is 2.24. The van der Waals surface area contributed by atoms with E-state index in [0.29, 0.717) is 21.3 Å². The highest BCUT2D eigenvalue weighted by molar-refractivity contribution is 6.42.